The molecule has 0 unspecified atom stereocenters. The molecule has 0 amide bonds. The average molecular weight is 380 g/mol. The molecule has 0 fully saturated rings. The Morgan fingerprint density at radius 1 is 0.704 bits per heavy atom. The number of para-hydroxylation sites is 1. The largest absolute Gasteiger partial charge is 1.00 e. The van der Waals surface area contributed by atoms with Crippen molar-refractivity contribution in [3.05, 3.63) is 90.6 Å². The van der Waals surface area contributed by atoms with Gasteiger partial charge in [-0.3, -0.25) is 0 Å². The average Bonchev–Trinajstić information content (AvgIpc) is 2.64. The molecule has 4 aromatic rings. The molecule has 0 saturated heterocycles. The first-order chi connectivity index (χ1) is 12.1. The molecular formula is C22H20AlNNaO2. The van der Waals surface area contributed by atoms with Crippen LogP contribution in [0.2, 0.25) is 0 Å². The number of fused-ring (bicyclic) bond motifs is 1. The minimum atomic E-state index is 0. The number of hydrogen-bond acceptors (Lipinski definition) is 3. The molecule has 27 heavy (non-hydrogen) atoms. The molecule has 0 spiro atoms. The summed E-state index contributed by atoms with van der Waals surface area (Å²) in [6.07, 6.45) is 0. The molecule has 1 aromatic heterocycles. The van der Waals surface area contributed by atoms with E-state index in [1.54, 1.807) is 18.2 Å². The number of nitrogens with zero attached hydrogens (tertiary/aromatic N) is 1. The van der Waals surface area contributed by atoms with Crippen LogP contribution in [-0.4, -0.2) is 32.6 Å². The van der Waals surface area contributed by atoms with Crippen molar-refractivity contribution in [2.75, 3.05) is 0 Å². The van der Waals surface area contributed by atoms with Crippen LogP contribution in [0.4, 0.5) is 0 Å². The summed E-state index contributed by atoms with van der Waals surface area (Å²) in [6, 6.07) is 26.6. The third-order valence-corrected chi connectivity index (χ3v) is 3.81. The Morgan fingerprint density at radius 3 is 2.00 bits per heavy atom. The fraction of sp³-hybridized carbons (Fsp3) is 0.0455. The topological polar surface area (TPSA) is 53.4 Å². The summed E-state index contributed by atoms with van der Waals surface area (Å²) < 4.78 is 0. The Morgan fingerprint density at radius 2 is 1.33 bits per heavy atom. The zero-order chi connectivity index (χ0) is 17.6. The van der Waals surface area contributed by atoms with Gasteiger partial charge >= 0.3 is 29.6 Å². The first-order valence-electron chi connectivity index (χ1n) is 8.03. The smallest absolute Gasteiger partial charge is 1.00 e. The number of phenolic OH excluding ortho intramolecular Hbond substituents is 2. The van der Waals surface area contributed by atoms with E-state index < -0.39 is 0 Å². The van der Waals surface area contributed by atoms with Crippen molar-refractivity contribution in [3.63, 3.8) is 0 Å². The first-order valence-corrected chi connectivity index (χ1v) is 8.03. The molecule has 2 N–H and O–H groups in total. The number of aromatic nitrogens is 1. The molecule has 4 rings (SSSR count). The number of hydrogen-bond donors (Lipinski definition) is 2. The summed E-state index contributed by atoms with van der Waals surface area (Å²) in [5.41, 5.74) is 3.89. The molecule has 0 aliphatic carbocycles. The standard InChI is InChI=1S/C12H10O.C10H9NO.Al.Na.H/c13-12-8-6-11(7-9-12)10-4-2-1-3-5-10;1-7-5-6-8-3-2-4-9(12)10(8)11-7;;;/h1-9,13H;2-6,12H,1H3;;;/q;;;+1;-1. The normalized spacial score (nSPS) is 9.37. The minimum absolute atomic E-state index is 0. The van der Waals surface area contributed by atoms with Gasteiger partial charge in [0.25, 0.3) is 0 Å². The van der Waals surface area contributed by atoms with Crippen molar-refractivity contribution in [2.45, 2.75) is 6.92 Å². The van der Waals surface area contributed by atoms with Gasteiger partial charge in [-0.2, -0.15) is 0 Å². The second-order valence-electron chi connectivity index (χ2n) is 5.71. The summed E-state index contributed by atoms with van der Waals surface area (Å²) in [5.74, 6) is 0.552. The van der Waals surface area contributed by atoms with E-state index in [4.69, 9.17) is 5.11 Å². The molecule has 5 heteroatoms. The van der Waals surface area contributed by atoms with Crippen LogP contribution >= 0.6 is 0 Å². The van der Waals surface area contributed by atoms with Crippen LogP contribution in [0.3, 0.4) is 0 Å². The van der Waals surface area contributed by atoms with Gasteiger partial charge in [-0.05, 0) is 42.3 Å². The van der Waals surface area contributed by atoms with Gasteiger partial charge in [0, 0.05) is 28.4 Å². The van der Waals surface area contributed by atoms with E-state index >= 15 is 0 Å². The molecule has 0 atom stereocenters. The fourth-order valence-electron chi connectivity index (χ4n) is 2.51. The minimum Gasteiger partial charge on any atom is -1.00 e. The summed E-state index contributed by atoms with van der Waals surface area (Å²) >= 11 is 0. The SMILES string of the molecule is Cc1ccc2cccc(O)c2n1.Oc1ccc(-c2ccccc2)cc1.[Al].[H-].[Na+]. The predicted octanol–water partition coefficient (Wildman–Crippen LogP) is 2.04. The van der Waals surface area contributed by atoms with Crippen molar-refractivity contribution in [1.29, 1.82) is 0 Å². The molecular weight excluding hydrogens is 360 g/mol. The third kappa shape index (κ3) is 6.39. The fourth-order valence-corrected chi connectivity index (χ4v) is 2.51. The number of aromatic hydroxyl groups is 2. The second-order valence-corrected chi connectivity index (χ2v) is 5.71. The van der Waals surface area contributed by atoms with Crippen LogP contribution in [0.15, 0.2) is 84.9 Å². The van der Waals surface area contributed by atoms with Gasteiger partial charge < -0.3 is 11.6 Å². The Hall–Kier alpha value is -1.80. The van der Waals surface area contributed by atoms with Gasteiger partial charge in [0.1, 0.15) is 17.0 Å². The number of aryl methyl sites for hydroxylation is 1. The quantitative estimate of drug-likeness (QED) is 0.497. The van der Waals surface area contributed by atoms with Crippen LogP contribution in [0.5, 0.6) is 11.5 Å². The van der Waals surface area contributed by atoms with Crippen molar-refractivity contribution in [2.24, 2.45) is 0 Å². The summed E-state index contributed by atoms with van der Waals surface area (Å²) in [5, 5.41) is 19.5. The van der Waals surface area contributed by atoms with E-state index in [1.807, 2.05) is 73.7 Å². The Balaban J connectivity index is 0.000000471. The predicted molar refractivity (Wildman–Crippen MR) is 109 cm³/mol. The molecule has 0 saturated carbocycles. The first kappa shape index (κ1) is 23.2. The molecule has 3 radical (unpaired) electrons. The van der Waals surface area contributed by atoms with Gasteiger partial charge in [-0.1, -0.05) is 60.7 Å². The molecule has 0 aliphatic heterocycles. The van der Waals surface area contributed by atoms with Crippen molar-refractivity contribution >= 4 is 28.3 Å². The maximum absolute atomic E-state index is 9.43. The van der Waals surface area contributed by atoms with Gasteiger partial charge in [0.05, 0.1) is 0 Å². The maximum atomic E-state index is 9.43. The van der Waals surface area contributed by atoms with Gasteiger partial charge in [0.2, 0.25) is 0 Å². The van der Waals surface area contributed by atoms with Gasteiger partial charge in [-0.25, -0.2) is 4.98 Å². The number of pyridine rings is 1. The van der Waals surface area contributed by atoms with Gasteiger partial charge in [-0.15, -0.1) is 0 Å². The van der Waals surface area contributed by atoms with Crippen molar-refractivity contribution < 1.29 is 41.2 Å². The molecule has 3 nitrogen and oxygen atoms in total. The Kier molecular flexibility index (Phi) is 9.59. The van der Waals surface area contributed by atoms with E-state index in [0.717, 1.165) is 16.6 Å². The van der Waals surface area contributed by atoms with Crippen LogP contribution in [0, 0.1) is 6.92 Å². The van der Waals surface area contributed by atoms with E-state index in [9.17, 15) is 5.11 Å². The van der Waals surface area contributed by atoms with Crippen molar-refractivity contribution in [1.82, 2.24) is 4.98 Å². The molecule has 0 bridgehead atoms. The zero-order valence-electron chi connectivity index (χ0n) is 16.5. The van der Waals surface area contributed by atoms with Crippen LogP contribution < -0.4 is 29.6 Å². The zero-order valence-corrected chi connectivity index (χ0v) is 18.7. The Labute approximate surface area is 193 Å². The van der Waals surface area contributed by atoms with E-state index in [0.29, 0.717) is 11.3 Å². The summed E-state index contributed by atoms with van der Waals surface area (Å²) in [7, 11) is 0. The molecule has 3 aromatic carbocycles. The second kappa shape index (κ2) is 11.1. The summed E-state index contributed by atoms with van der Waals surface area (Å²) in [6.45, 7) is 1.91. The van der Waals surface area contributed by atoms with E-state index in [1.165, 1.54) is 5.56 Å². The van der Waals surface area contributed by atoms with Crippen LogP contribution in [0.25, 0.3) is 22.0 Å². The molecule has 1 heterocycles. The summed E-state index contributed by atoms with van der Waals surface area (Å²) in [4.78, 5) is 4.23. The molecule has 129 valence electrons. The van der Waals surface area contributed by atoms with E-state index in [-0.39, 0.29) is 54.1 Å². The number of benzene rings is 3. The third-order valence-electron chi connectivity index (χ3n) is 3.81. The van der Waals surface area contributed by atoms with E-state index in [2.05, 4.69) is 4.98 Å². The van der Waals surface area contributed by atoms with Crippen LogP contribution in [-0.2, 0) is 0 Å². The number of rotatable bonds is 1. The number of phenols is 2. The van der Waals surface area contributed by atoms with Gasteiger partial charge in [0.15, 0.2) is 0 Å². The Bertz CT molecular complexity index is 983. The van der Waals surface area contributed by atoms with Crippen molar-refractivity contribution in [3.8, 4) is 22.6 Å². The molecule has 0 aliphatic rings. The monoisotopic (exact) mass is 380 g/mol. The van der Waals surface area contributed by atoms with Crippen LogP contribution in [0.1, 0.15) is 7.12 Å². The maximum Gasteiger partial charge on any atom is 1.00 e.